The minimum absolute atomic E-state index is 0.112. The first-order chi connectivity index (χ1) is 8.36. The Morgan fingerprint density at radius 1 is 1.59 bits per heavy atom. The van der Waals surface area contributed by atoms with Gasteiger partial charge < -0.3 is 14.6 Å². The zero-order chi connectivity index (χ0) is 11.7. The van der Waals surface area contributed by atoms with E-state index in [1.807, 2.05) is 17.5 Å². The van der Waals surface area contributed by atoms with Gasteiger partial charge in [0.05, 0.1) is 17.0 Å². The summed E-state index contributed by atoms with van der Waals surface area (Å²) in [6, 6.07) is 4.07. The standard InChI is InChI=1S/C11H13N3O2S/c1-15-7-5-8(12-6-7)11-13-10(14-16-11)9-3-2-4-17-9/h2-4,7-8,12H,5-6H2,1H3/t7-,8+/m0/s1. The van der Waals surface area contributed by atoms with Crippen LogP contribution in [0.1, 0.15) is 18.4 Å². The number of hydrogen-bond acceptors (Lipinski definition) is 6. The molecule has 6 heteroatoms. The van der Waals surface area contributed by atoms with E-state index in [9.17, 15) is 0 Å². The van der Waals surface area contributed by atoms with E-state index in [1.54, 1.807) is 18.4 Å². The monoisotopic (exact) mass is 251 g/mol. The van der Waals surface area contributed by atoms with Crippen molar-refractivity contribution in [2.45, 2.75) is 18.6 Å². The summed E-state index contributed by atoms with van der Waals surface area (Å²) in [7, 11) is 1.72. The highest BCUT2D eigenvalue weighted by atomic mass is 32.1. The van der Waals surface area contributed by atoms with Crippen molar-refractivity contribution >= 4 is 11.3 Å². The molecule has 2 aromatic rings. The van der Waals surface area contributed by atoms with Gasteiger partial charge >= 0.3 is 0 Å². The molecule has 0 saturated carbocycles. The maximum atomic E-state index is 5.29. The van der Waals surface area contributed by atoms with Crippen molar-refractivity contribution < 1.29 is 9.26 Å². The normalized spacial score (nSPS) is 24.3. The molecular weight excluding hydrogens is 238 g/mol. The van der Waals surface area contributed by atoms with Crippen LogP contribution in [0, 0.1) is 0 Å². The van der Waals surface area contributed by atoms with Crippen LogP contribution in [0.25, 0.3) is 10.7 Å². The average Bonchev–Trinajstić information content (AvgIpc) is 3.09. The van der Waals surface area contributed by atoms with Crippen LogP contribution in [0.4, 0.5) is 0 Å². The smallest absolute Gasteiger partial charge is 0.244 e. The van der Waals surface area contributed by atoms with E-state index >= 15 is 0 Å². The third-order valence-electron chi connectivity index (χ3n) is 2.91. The van der Waals surface area contributed by atoms with Crippen molar-refractivity contribution in [1.82, 2.24) is 15.5 Å². The lowest BCUT2D eigenvalue weighted by molar-refractivity contribution is 0.116. The molecule has 17 heavy (non-hydrogen) atoms. The second-order valence-corrected chi connectivity index (χ2v) is 4.94. The highest BCUT2D eigenvalue weighted by molar-refractivity contribution is 7.13. The van der Waals surface area contributed by atoms with Gasteiger partial charge in [0, 0.05) is 13.7 Å². The minimum atomic E-state index is 0.112. The maximum absolute atomic E-state index is 5.29. The minimum Gasteiger partial charge on any atom is -0.380 e. The molecule has 0 aliphatic carbocycles. The number of aromatic nitrogens is 2. The Bertz CT molecular complexity index is 483. The molecule has 0 amide bonds. The second kappa shape index (κ2) is 4.56. The van der Waals surface area contributed by atoms with Crippen molar-refractivity contribution in [3.8, 4) is 10.7 Å². The number of rotatable bonds is 3. The molecular formula is C11H13N3O2S. The predicted octanol–water partition coefficient (Wildman–Crippen LogP) is 1.85. The van der Waals surface area contributed by atoms with E-state index in [1.165, 1.54) is 0 Å². The Kier molecular flexibility index (Phi) is 2.92. The number of nitrogens with one attached hydrogen (secondary N) is 1. The summed E-state index contributed by atoms with van der Waals surface area (Å²) in [5.41, 5.74) is 0. The summed E-state index contributed by atoms with van der Waals surface area (Å²) < 4.78 is 10.6. The van der Waals surface area contributed by atoms with Crippen molar-refractivity contribution in [2.75, 3.05) is 13.7 Å². The Balaban J connectivity index is 1.77. The van der Waals surface area contributed by atoms with E-state index < -0.39 is 0 Å². The Morgan fingerprint density at radius 2 is 2.53 bits per heavy atom. The molecule has 1 fully saturated rings. The SMILES string of the molecule is CO[C@@H]1CN[C@@H](c2nc(-c3cccs3)no2)C1. The van der Waals surface area contributed by atoms with Gasteiger partial charge in [-0.15, -0.1) is 11.3 Å². The van der Waals surface area contributed by atoms with Crippen LogP contribution >= 0.6 is 11.3 Å². The largest absolute Gasteiger partial charge is 0.380 e. The van der Waals surface area contributed by atoms with Crippen molar-refractivity contribution in [2.24, 2.45) is 0 Å². The molecule has 5 nitrogen and oxygen atoms in total. The molecule has 0 bridgehead atoms. The van der Waals surface area contributed by atoms with Crippen LogP contribution in [-0.4, -0.2) is 29.9 Å². The van der Waals surface area contributed by atoms with Crippen molar-refractivity contribution in [1.29, 1.82) is 0 Å². The first-order valence-electron chi connectivity index (χ1n) is 5.50. The van der Waals surface area contributed by atoms with E-state index in [4.69, 9.17) is 9.26 Å². The van der Waals surface area contributed by atoms with Gasteiger partial charge in [0.2, 0.25) is 11.7 Å². The number of thiophene rings is 1. The van der Waals surface area contributed by atoms with Gasteiger partial charge in [0.15, 0.2) is 0 Å². The lowest BCUT2D eigenvalue weighted by atomic mass is 10.2. The van der Waals surface area contributed by atoms with Gasteiger partial charge in [0.25, 0.3) is 0 Å². The van der Waals surface area contributed by atoms with Crippen LogP contribution < -0.4 is 5.32 Å². The predicted molar refractivity (Wildman–Crippen MR) is 63.8 cm³/mol. The Labute approximate surface area is 103 Å². The fourth-order valence-corrected chi connectivity index (χ4v) is 2.60. The highest BCUT2D eigenvalue weighted by Crippen LogP contribution is 2.27. The Morgan fingerprint density at radius 3 is 3.24 bits per heavy atom. The lowest BCUT2D eigenvalue weighted by Gasteiger charge is -2.04. The van der Waals surface area contributed by atoms with Gasteiger partial charge in [-0.2, -0.15) is 4.98 Å². The number of hydrogen-bond donors (Lipinski definition) is 1. The molecule has 0 radical (unpaired) electrons. The Hall–Kier alpha value is -1.24. The second-order valence-electron chi connectivity index (χ2n) is 3.99. The van der Waals surface area contributed by atoms with Crippen LogP contribution in [0.15, 0.2) is 22.0 Å². The van der Waals surface area contributed by atoms with E-state index in [2.05, 4.69) is 15.5 Å². The molecule has 2 atom stereocenters. The van der Waals surface area contributed by atoms with E-state index in [0.29, 0.717) is 11.7 Å². The summed E-state index contributed by atoms with van der Waals surface area (Å²) in [6.45, 7) is 0.831. The summed E-state index contributed by atoms with van der Waals surface area (Å²) in [4.78, 5) is 5.45. The molecule has 1 aliphatic heterocycles. The van der Waals surface area contributed by atoms with Crippen LogP contribution in [0.3, 0.4) is 0 Å². The first kappa shape index (κ1) is 10.9. The fourth-order valence-electron chi connectivity index (χ4n) is 1.95. The summed E-state index contributed by atoms with van der Waals surface area (Å²) in [6.07, 6.45) is 1.11. The molecule has 90 valence electrons. The molecule has 0 spiro atoms. The van der Waals surface area contributed by atoms with Crippen molar-refractivity contribution in [3.05, 3.63) is 23.4 Å². The van der Waals surface area contributed by atoms with Gasteiger partial charge in [-0.05, 0) is 17.9 Å². The molecule has 1 N–H and O–H groups in total. The molecule has 0 aromatic carbocycles. The van der Waals surface area contributed by atoms with E-state index in [0.717, 1.165) is 17.8 Å². The van der Waals surface area contributed by atoms with Crippen LogP contribution in [-0.2, 0) is 4.74 Å². The van der Waals surface area contributed by atoms with Gasteiger partial charge in [-0.25, -0.2) is 0 Å². The lowest BCUT2D eigenvalue weighted by Crippen LogP contribution is -2.16. The third-order valence-corrected chi connectivity index (χ3v) is 3.77. The molecule has 1 saturated heterocycles. The highest BCUT2D eigenvalue weighted by Gasteiger charge is 2.29. The molecule has 3 rings (SSSR count). The van der Waals surface area contributed by atoms with Crippen molar-refractivity contribution in [3.63, 3.8) is 0 Å². The summed E-state index contributed by atoms with van der Waals surface area (Å²) in [5.74, 6) is 1.31. The number of methoxy groups -OCH3 is 1. The number of ether oxygens (including phenoxy) is 1. The average molecular weight is 251 g/mol. The van der Waals surface area contributed by atoms with Crippen LogP contribution in [0.2, 0.25) is 0 Å². The quantitative estimate of drug-likeness (QED) is 0.902. The third kappa shape index (κ3) is 2.11. The summed E-state index contributed by atoms with van der Waals surface area (Å²) >= 11 is 1.61. The van der Waals surface area contributed by atoms with Crippen LogP contribution in [0.5, 0.6) is 0 Å². The fraction of sp³-hybridized carbons (Fsp3) is 0.455. The molecule has 2 aromatic heterocycles. The first-order valence-corrected chi connectivity index (χ1v) is 6.38. The molecule has 3 heterocycles. The van der Waals surface area contributed by atoms with Gasteiger partial charge in [-0.3, -0.25) is 0 Å². The van der Waals surface area contributed by atoms with E-state index in [-0.39, 0.29) is 12.1 Å². The zero-order valence-corrected chi connectivity index (χ0v) is 10.2. The van der Waals surface area contributed by atoms with Gasteiger partial charge in [0.1, 0.15) is 0 Å². The number of nitrogens with zero attached hydrogens (tertiary/aromatic N) is 2. The molecule has 1 aliphatic rings. The maximum Gasteiger partial charge on any atom is 0.244 e. The summed E-state index contributed by atoms with van der Waals surface area (Å²) in [5, 5.41) is 9.31. The topological polar surface area (TPSA) is 60.2 Å². The van der Waals surface area contributed by atoms with Gasteiger partial charge in [-0.1, -0.05) is 11.2 Å². The zero-order valence-electron chi connectivity index (χ0n) is 9.42. The molecule has 0 unspecified atom stereocenters.